The van der Waals surface area contributed by atoms with Crippen LogP contribution in [0, 0.1) is 0 Å². The molecule has 120 valence electrons. The summed E-state index contributed by atoms with van der Waals surface area (Å²) in [6, 6.07) is 14.1. The van der Waals surface area contributed by atoms with Crippen LogP contribution in [0.4, 0.5) is 5.69 Å². The SMILES string of the molecule is CC(Cc1ccc2c(c1)CCN2)NCc1ccc(C(=O)O)cc1. The summed E-state index contributed by atoms with van der Waals surface area (Å²) in [6.45, 7) is 3.96. The lowest BCUT2D eigenvalue weighted by Crippen LogP contribution is -2.27. The number of hydrogen-bond donors (Lipinski definition) is 3. The fourth-order valence-corrected chi connectivity index (χ4v) is 2.97. The van der Waals surface area contributed by atoms with Crippen LogP contribution in [0.15, 0.2) is 42.5 Å². The van der Waals surface area contributed by atoms with E-state index >= 15 is 0 Å². The Labute approximate surface area is 136 Å². The lowest BCUT2D eigenvalue weighted by Gasteiger charge is -2.15. The highest BCUT2D eigenvalue weighted by Gasteiger charge is 2.11. The lowest BCUT2D eigenvalue weighted by molar-refractivity contribution is 0.0697. The molecule has 1 heterocycles. The van der Waals surface area contributed by atoms with Crippen molar-refractivity contribution in [3.05, 3.63) is 64.7 Å². The fraction of sp³-hybridized carbons (Fsp3) is 0.316. The molecule has 1 unspecified atom stereocenters. The Morgan fingerprint density at radius 1 is 1.22 bits per heavy atom. The maximum Gasteiger partial charge on any atom is 0.335 e. The van der Waals surface area contributed by atoms with E-state index in [1.54, 1.807) is 12.1 Å². The molecular formula is C19H22N2O2. The maximum absolute atomic E-state index is 10.8. The van der Waals surface area contributed by atoms with Crippen LogP contribution in [-0.4, -0.2) is 23.7 Å². The van der Waals surface area contributed by atoms with Crippen molar-refractivity contribution in [1.82, 2.24) is 5.32 Å². The topological polar surface area (TPSA) is 61.4 Å². The van der Waals surface area contributed by atoms with Crippen LogP contribution in [0.3, 0.4) is 0 Å². The van der Waals surface area contributed by atoms with Crippen molar-refractivity contribution in [1.29, 1.82) is 0 Å². The van der Waals surface area contributed by atoms with Gasteiger partial charge >= 0.3 is 5.97 Å². The molecule has 1 aliphatic rings. The molecule has 4 heteroatoms. The molecule has 0 saturated heterocycles. The van der Waals surface area contributed by atoms with Crippen LogP contribution in [0.25, 0.3) is 0 Å². The summed E-state index contributed by atoms with van der Waals surface area (Å²) in [7, 11) is 0. The summed E-state index contributed by atoms with van der Waals surface area (Å²) in [5.74, 6) is -0.885. The Morgan fingerprint density at radius 3 is 2.70 bits per heavy atom. The molecule has 23 heavy (non-hydrogen) atoms. The minimum absolute atomic E-state index is 0.327. The highest BCUT2D eigenvalue weighted by atomic mass is 16.4. The molecule has 2 aromatic rings. The summed E-state index contributed by atoms with van der Waals surface area (Å²) in [4.78, 5) is 10.8. The molecule has 0 aromatic heterocycles. The second-order valence-electron chi connectivity index (χ2n) is 6.16. The van der Waals surface area contributed by atoms with E-state index in [4.69, 9.17) is 5.11 Å². The Kier molecular flexibility index (Phi) is 4.63. The van der Waals surface area contributed by atoms with Crippen molar-refractivity contribution >= 4 is 11.7 Å². The first kappa shape index (κ1) is 15.6. The molecule has 0 saturated carbocycles. The van der Waals surface area contributed by atoms with Gasteiger partial charge in [-0.3, -0.25) is 0 Å². The number of rotatable bonds is 6. The zero-order valence-electron chi connectivity index (χ0n) is 13.3. The summed E-state index contributed by atoms with van der Waals surface area (Å²) in [6.07, 6.45) is 2.10. The molecular weight excluding hydrogens is 288 g/mol. The number of carboxylic acid groups (broad SMARTS) is 1. The predicted octanol–water partition coefficient (Wildman–Crippen LogP) is 3.07. The van der Waals surface area contributed by atoms with E-state index in [1.807, 2.05) is 12.1 Å². The van der Waals surface area contributed by atoms with Gasteiger partial charge in [0, 0.05) is 24.8 Å². The van der Waals surface area contributed by atoms with Gasteiger partial charge in [-0.2, -0.15) is 0 Å². The van der Waals surface area contributed by atoms with Gasteiger partial charge in [0.1, 0.15) is 0 Å². The van der Waals surface area contributed by atoms with Crippen molar-refractivity contribution in [3.8, 4) is 0 Å². The summed E-state index contributed by atoms with van der Waals surface area (Å²) < 4.78 is 0. The van der Waals surface area contributed by atoms with Gasteiger partial charge in [-0.1, -0.05) is 24.3 Å². The number of hydrogen-bond acceptors (Lipinski definition) is 3. The van der Waals surface area contributed by atoms with Gasteiger partial charge in [0.25, 0.3) is 0 Å². The van der Waals surface area contributed by atoms with Crippen molar-refractivity contribution in [3.63, 3.8) is 0 Å². The molecule has 0 amide bonds. The summed E-state index contributed by atoms with van der Waals surface area (Å²) in [5, 5.41) is 15.8. The smallest absolute Gasteiger partial charge is 0.335 e. The van der Waals surface area contributed by atoms with Crippen LogP contribution in [0.5, 0.6) is 0 Å². The van der Waals surface area contributed by atoms with E-state index in [9.17, 15) is 4.79 Å². The molecule has 1 atom stereocenters. The molecule has 0 spiro atoms. The molecule has 1 aliphatic heterocycles. The lowest BCUT2D eigenvalue weighted by atomic mass is 10.0. The average molecular weight is 310 g/mol. The van der Waals surface area contributed by atoms with E-state index in [2.05, 4.69) is 35.8 Å². The number of carboxylic acids is 1. The van der Waals surface area contributed by atoms with Crippen LogP contribution in [-0.2, 0) is 19.4 Å². The third kappa shape index (κ3) is 3.90. The minimum Gasteiger partial charge on any atom is -0.478 e. The first-order valence-corrected chi connectivity index (χ1v) is 8.03. The van der Waals surface area contributed by atoms with Crippen molar-refractivity contribution < 1.29 is 9.90 Å². The van der Waals surface area contributed by atoms with Crippen molar-refractivity contribution in [2.45, 2.75) is 32.4 Å². The van der Waals surface area contributed by atoms with Crippen molar-refractivity contribution in [2.24, 2.45) is 0 Å². The number of nitrogens with one attached hydrogen (secondary N) is 2. The molecule has 4 nitrogen and oxygen atoms in total. The second-order valence-corrected chi connectivity index (χ2v) is 6.16. The maximum atomic E-state index is 10.8. The zero-order valence-corrected chi connectivity index (χ0v) is 13.3. The van der Waals surface area contributed by atoms with Gasteiger partial charge in [0.05, 0.1) is 5.56 Å². The minimum atomic E-state index is -0.885. The second kappa shape index (κ2) is 6.84. The van der Waals surface area contributed by atoms with Crippen molar-refractivity contribution in [2.75, 3.05) is 11.9 Å². The van der Waals surface area contributed by atoms with Crippen LogP contribution in [0.1, 0.15) is 34.0 Å². The monoisotopic (exact) mass is 310 g/mol. The molecule has 3 rings (SSSR count). The standard InChI is InChI=1S/C19H22N2O2/c1-13(10-15-4-7-18-17(11-15)8-9-20-18)21-12-14-2-5-16(6-3-14)19(22)23/h2-7,11,13,20-21H,8-10,12H2,1H3,(H,22,23). The Balaban J connectivity index is 1.53. The van der Waals surface area contributed by atoms with Crippen LogP contribution < -0.4 is 10.6 Å². The third-order valence-electron chi connectivity index (χ3n) is 4.28. The summed E-state index contributed by atoms with van der Waals surface area (Å²) in [5.41, 5.74) is 5.47. The highest BCUT2D eigenvalue weighted by molar-refractivity contribution is 5.87. The molecule has 0 aliphatic carbocycles. The average Bonchev–Trinajstić information content (AvgIpc) is 3.01. The molecule has 0 radical (unpaired) electrons. The number of benzene rings is 2. The fourth-order valence-electron chi connectivity index (χ4n) is 2.97. The van der Waals surface area contributed by atoms with Crippen LogP contribution >= 0.6 is 0 Å². The predicted molar refractivity (Wildman–Crippen MR) is 92.0 cm³/mol. The van der Waals surface area contributed by atoms with E-state index in [-0.39, 0.29) is 0 Å². The number of anilines is 1. The van der Waals surface area contributed by atoms with Gasteiger partial charge in [0.2, 0.25) is 0 Å². The zero-order chi connectivity index (χ0) is 16.2. The molecule has 0 fully saturated rings. The Hall–Kier alpha value is -2.33. The molecule has 3 N–H and O–H groups in total. The molecule has 2 aromatic carbocycles. The van der Waals surface area contributed by atoms with Gasteiger partial charge in [0.15, 0.2) is 0 Å². The normalized spacial score (nSPS) is 14.1. The van der Waals surface area contributed by atoms with Gasteiger partial charge < -0.3 is 15.7 Å². The largest absolute Gasteiger partial charge is 0.478 e. The highest BCUT2D eigenvalue weighted by Crippen LogP contribution is 2.23. The number of fused-ring (bicyclic) bond motifs is 1. The first-order chi connectivity index (χ1) is 11.1. The third-order valence-corrected chi connectivity index (χ3v) is 4.28. The van der Waals surface area contributed by atoms with Gasteiger partial charge in [-0.05, 0) is 54.7 Å². The van der Waals surface area contributed by atoms with Gasteiger partial charge in [-0.25, -0.2) is 4.79 Å². The number of aromatic carboxylic acids is 1. The Morgan fingerprint density at radius 2 is 1.96 bits per heavy atom. The quantitative estimate of drug-likeness (QED) is 0.767. The molecule has 0 bridgehead atoms. The van der Waals surface area contributed by atoms with E-state index in [0.717, 1.165) is 31.5 Å². The Bertz CT molecular complexity index is 695. The van der Waals surface area contributed by atoms with E-state index in [1.165, 1.54) is 16.8 Å². The van der Waals surface area contributed by atoms with Gasteiger partial charge in [-0.15, -0.1) is 0 Å². The number of carbonyl (C=O) groups is 1. The van der Waals surface area contributed by atoms with E-state index < -0.39 is 5.97 Å². The van der Waals surface area contributed by atoms with Crippen LogP contribution in [0.2, 0.25) is 0 Å². The first-order valence-electron chi connectivity index (χ1n) is 8.03. The summed E-state index contributed by atoms with van der Waals surface area (Å²) >= 11 is 0. The van der Waals surface area contributed by atoms with E-state index in [0.29, 0.717) is 11.6 Å².